The molecule has 0 saturated carbocycles. The van der Waals surface area contributed by atoms with E-state index in [1.807, 2.05) is 0 Å². The number of alkyl halides is 3. The van der Waals surface area contributed by atoms with Crippen LogP contribution in [0.1, 0.15) is 37.0 Å². The summed E-state index contributed by atoms with van der Waals surface area (Å²) in [6.45, 7) is 3.45. The van der Waals surface area contributed by atoms with Gasteiger partial charge >= 0.3 is 6.18 Å². The Morgan fingerprint density at radius 1 is 1.20 bits per heavy atom. The number of anilines is 1. The Bertz CT molecular complexity index is 1250. The van der Waals surface area contributed by atoms with Crippen molar-refractivity contribution in [2.45, 2.75) is 38.7 Å². The number of rotatable bonds is 6. The largest absolute Gasteiger partial charge is 0.464 e. The van der Waals surface area contributed by atoms with Crippen LogP contribution in [-0.2, 0) is 12.6 Å². The molecule has 3 aromatic rings. The first-order valence-corrected chi connectivity index (χ1v) is 10.3. The molecule has 14 heteroatoms. The van der Waals surface area contributed by atoms with E-state index in [-0.39, 0.29) is 16.7 Å². The van der Waals surface area contributed by atoms with E-state index in [1.54, 1.807) is 0 Å². The van der Waals surface area contributed by atoms with Crippen molar-refractivity contribution >= 4 is 23.2 Å². The van der Waals surface area contributed by atoms with Gasteiger partial charge in [-0.25, -0.2) is 23.4 Å². The summed E-state index contributed by atoms with van der Waals surface area (Å²) in [5.74, 6) is -4.63. The molecule has 0 saturated heterocycles. The Kier molecular flexibility index (Phi) is 7.04. The highest BCUT2D eigenvalue weighted by Crippen LogP contribution is 2.32. The second-order valence-corrected chi connectivity index (χ2v) is 8.37. The van der Waals surface area contributed by atoms with Gasteiger partial charge < -0.3 is 15.2 Å². The van der Waals surface area contributed by atoms with Crippen molar-refractivity contribution in [1.82, 2.24) is 19.7 Å². The third kappa shape index (κ3) is 5.68. The van der Waals surface area contributed by atoms with Gasteiger partial charge in [0.25, 0.3) is 5.91 Å². The number of amides is 1. The molecule has 1 unspecified atom stereocenters. The first-order chi connectivity index (χ1) is 16.1. The van der Waals surface area contributed by atoms with E-state index in [9.17, 15) is 27.5 Å². The van der Waals surface area contributed by atoms with E-state index in [1.165, 1.54) is 33.0 Å². The molecule has 0 radical (unpaired) electrons. The lowest BCUT2D eigenvalue weighted by Crippen LogP contribution is -2.32. The molecule has 0 fully saturated rings. The topological polar surface area (TPSA) is 102 Å². The van der Waals surface area contributed by atoms with Crippen LogP contribution in [0.4, 0.5) is 27.6 Å². The zero-order valence-corrected chi connectivity index (χ0v) is 19.5. The number of pyridine rings is 1. The summed E-state index contributed by atoms with van der Waals surface area (Å²) in [4.78, 5) is 20.5. The van der Waals surface area contributed by atoms with Gasteiger partial charge in [0, 0.05) is 7.05 Å². The van der Waals surface area contributed by atoms with Crippen molar-refractivity contribution in [3.05, 3.63) is 52.3 Å². The molecule has 1 aromatic carbocycles. The molecule has 0 aliphatic carbocycles. The number of benzene rings is 1. The number of hydrogen-bond donors (Lipinski definition) is 2. The molecular weight excluding hydrogens is 501 g/mol. The third-order valence-corrected chi connectivity index (χ3v) is 4.97. The van der Waals surface area contributed by atoms with E-state index in [0.717, 1.165) is 10.7 Å². The SMILES string of the molecule is CC(Oc1nc(-c2nc(C(C)(C)O)n(C)n2)c(F)cc1C(=O)Nc1c(F)cccc1Cl)C(F)(F)F. The van der Waals surface area contributed by atoms with Gasteiger partial charge in [-0.15, -0.1) is 5.10 Å². The van der Waals surface area contributed by atoms with E-state index in [4.69, 9.17) is 16.3 Å². The Labute approximate surface area is 200 Å². The van der Waals surface area contributed by atoms with E-state index < -0.39 is 58.2 Å². The Morgan fingerprint density at radius 2 is 1.86 bits per heavy atom. The standard InChI is InChI=1S/C21H19ClF5N5O3/c1-9(21(25,26)27)35-18-10(17(33)28-14-11(22)6-5-7-12(14)23)8-13(24)15(29-18)16-30-19(20(2,3)34)32(4)31-16/h5-9,34H,1-4H3,(H,28,33). The van der Waals surface area contributed by atoms with Crippen LogP contribution in [0.5, 0.6) is 5.88 Å². The van der Waals surface area contributed by atoms with Crippen LogP contribution < -0.4 is 10.1 Å². The summed E-state index contributed by atoms with van der Waals surface area (Å²) < 4.78 is 74.6. The van der Waals surface area contributed by atoms with Crippen LogP contribution >= 0.6 is 11.6 Å². The summed E-state index contributed by atoms with van der Waals surface area (Å²) >= 11 is 5.87. The summed E-state index contributed by atoms with van der Waals surface area (Å²) in [6.07, 6.45) is -7.29. The van der Waals surface area contributed by atoms with Crippen LogP contribution in [0.2, 0.25) is 5.02 Å². The summed E-state index contributed by atoms with van der Waals surface area (Å²) in [5, 5.41) is 16.0. The number of aromatic nitrogens is 4. The van der Waals surface area contributed by atoms with Gasteiger partial charge in [-0.2, -0.15) is 13.2 Å². The molecule has 1 amide bonds. The first-order valence-electron chi connectivity index (χ1n) is 9.93. The van der Waals surface area contributed by atoms with Crippen LogP contribution in [0.15, 0.2) is 24.3 Å². The molecule has 0 spiro atoms. The molecule has 0 aliphatic heterocycles. The number of aryl methyl sites for hydroxylation is 1. The second-order valence-electron chi connectivity index (χ2n) is 7.97. The van der Waals surface area contributed by atoms with Gasteiger partial charge in [-0.1, -0.05) is 17.7 Å². The number of halogens is 6. The first kappa shape index (κ1) is 26.3. The Hall–Kier alpha value is -3.32. The minimum atomic E-state index is -4.85. The van der Waals surface area contributed by atoms with Gasteiger partial charge in [-0.3, -0.25) is 4.79 Å². The molecule has 8 nitrogen and oxygen atoms in total. The van der Waals surface area contributed by atoms with Crippen LogP contribution in [0, 0.1) is 11.6 Å². The van der Waals surface area contributed by atoms with Gasteiger partial charge in [0.05, 0.1) is 10.7 Å². The van der Waals surface area contributed by atoms with Crippen molar-refractivity contribution in [1.29, 1.82) is 0 Å². The zero-order valence-electron chi connectivity index (χ0n) is 18.7. The number of carbonyl (C=O) groups is 1. The number of hydrogen-bond acceptors (Lipinski definition) is 6. The lowest BCUT2D eigenvalue weighted by atomic mass is 10.1. The molecule has 0 bridgehead atoms. The van der Waals surface area contributed by atoms with E-state index in [2.05, 4.69) is 20.4 Å². The number of para-hydroxylation sites is 1. The minimum Gasteiger partial charge on any atom is -0.464 e. The lowest BCUT2D eigenvalue weighted by molar-refractivity contribution is -0.190. The molecule has 3 rings (SSSR count). The van der Waals surface area contributed by atoms with Gasteiger partial charge in [0.2, 0.25) is 11.7 Å². The van der Waals surface area contributed by atoms with E-state index in [0.29, 0.717) is 13.0 Å². The van der Waals surface area contributed by atoms with Crippen LogP contribution in [0.25, 0.3) is 11.5 Å². The number of aliphatic hydroxyl groups is 1. The zero-order chi connectivity index (χ0) is 26.3. The predicted octanol–water partition coefficient (Wildman–Crippen LogP) is 4.62. The molecule has 35 heavy (non-hydrogen) atoms. The van der Waals surface area contributed by atoms with Crippen LogP contribution in [0.3, 0.4) is 0 Å². The minimum absolute atomic E-state index is 0.0100. The van der Waals surface area contributed by atoms with Crippen molar-refractivity contribution in [3.8, 4) is 17.4 Å². The summed E-state index contributed by atoms with van der Waals surface area (Å²) in [7, 11) is 1.41. The highest BCUT2D eigenvalue weighted by Gasteiger charge is 2.39. The summed E-state index contributed by atoms with van der Waals surface area (Å²) in [6, 6.07) is 4.08. The number of nitrogens with zero attached hydrogens (tertiary/aromatic N) is 4. The fraction of sp³-hybridized carbons (Fsp3) is 0.333. The number of nitrogens with one attached hydrogen (secondary N) is 1. The highest BCUT2D eigenvalue weighted by molar-refractivity contribution is 6.34. The summed E-state index contributed by atoms with van der Waals surface area (Å²) in [5.41, 5.74) is -3.36. The quantitative estimate of drug-likeness (QED) is 0.461. The molecule has 2 N–H and O–H groups in total. The number of carbonyl (C=O) groups excluding carboxylic acids is 1. The molecule has 188 valence electrons. The average Bonchev–Trinajstić information content (AvgIpc) is 3.12. The average molecular weight is 520 g/mol. The fourth-order valence-electron chi connectivity index (χ4n) is 2.93. The molecule has 0 aliphatic rings. The van der Waals surface area contributed by atoms with Crippen molar-refractivity contribution in [2.75, 3.05) is 5.32 Å². The van der Waals surface area contributed by atoms with Gasteiger partial charge in [0.15, 0.2) is 17.7 Å². The lowest BCUT2D eigenvalue weighted by Gasteiger charge is -2.19. The smallest absolute Gasteiger partial charge is 0.425 e. The Morgan fingerprint density at radius 3 is 2.40 bits per heavy atom. The van der Waals surface area contributed by atoms with E-state index >= 15 is 4.39 Å². The molecule has 2 aromatic heterocycles. The maximum Gasteiger partial charge on any atom is 0.425 e. The molecular formula is C21H19ClF5N5O3. The number of ether oxygens (including phenoxy) is 1. The maximum absolute atomic E-state index is 15.0. The third-order valence-electron chi connectivity index (χ3n) is 4.66. The fourth-order valence-corrected chi connectivity index (χ4v) is 3.14. The second kappa shape index (κ2) is 9.38. The Balaban J connectivity index is 2.12. The van der Waals surface area contributed by atoms with Gasteiger partial charge in [-0.05, 0) is 39.0 Å². The highest BCUT2D eigenvalue weighted by atomic mass is 35.5. The van der Waals surface area contributed by atoms with Crippen molar-refractivity contribution in [2.24, 2.45) is 7.05 Å². The van der Waals surface area contributed by atoms with Crippen molar-refractivity contribution < 1.29 is 36.6 Å². The maximum atomic E-state index is 15.0. The monoisotopic (exact) mass is 519 g/mol. The molecule has 1 atom stereocenters. The predicted molar refractivity (Wildman–Crippen MR) is 115 cm³/mol. The molecule has 2 heterocycles. The van der Waals surface area contributed by atoms with Crippen LogP contribution in [-0.4, -0.2) is 43.0 Å². The normalized spacial score (nSPS) is 13.0. The van der Waals surface area contributed by atoms with Crippen molar-refractivity contribution in [3.63, 3.8) is 0 Å². The van der Waals surface area contributed by atoms with Gasteiger partial charge in [0.1, 0.15) is 22.7 Å².